The van der Waals surface area contributed by atoms with E-state index in [1.807, 2.05) is 41.6 Å². The number of para-hydroxylation sites is 1. The molecule has 1 saturated heterocycles. The van der Waals surface area contributed by atoms with Crippen molar-refractivity contribution in [1.82, 2.24) is 19.8 Å². The molecule has 1 saturated carbocycles. The average Bonchev–Trinajstić information content (AvgIpc) is 3.40. The monoisotopic (exact) mass is 535 g/mol. The molecule has 2 heterocycles. The van der Waals surface area contributed by atoms with Gasteiger partial charge in [-0.25, -0.2) is 9.37 Å². The maximum Gasteiger partial charge on any atom is 0.275 e. The van der Waals surface area contributed by atoms with E-state index < -0.39 is 11.6 Å². The third kappa shape index (κ3) is 5.51. The molecule has 0 radical (unpaired) electrons. The van der Waals surface area contributed by atoms with Gasteiger partial charge in [0, 0.05) is 44.9 Å². The maximum absolute atomic E-state index is 14.1. The van der Waals surface area contributed by atoms with E-state index in [1.54, 1.807) is 19.2 Å². The number of carbonyl (C=O) groups is 1. The fourth-order valence-corrected chi connectivity index (χ4v) is 6.05. The number of benzene rings is 2. The number of halogens is 1. The molecule has 3 aromatic rings. The van der Waals surface area contributed by atoms with Gasteiger partial charge in [0.25, 0.3) is 5.91 Å². The molecule has 2 aromatic carbocycles. The summed E-state index contributed by atoms with van der Waals surface area (Å²) in [4.78, 5) is 20.8. The number of piperazine rings is 1. The van der Waals surface area contributed by atoms with Crippen LogP contribution in [0.2, 0.25) is 0 Å². The van der Waals surface area contributed by atoms with Gasteiger partial charge in [0.2, 0.25) is 0 Å². The zero-order valence-electron chi connectivity index (χ0n) is 22.7. The Balaban J connectivity index is 1.42. The topological polar surface area (TPSA) is 91.7 Å². The van der Waals surface area contributed by atoms with Crippen LogP contribution in [0.3, 0.4) is 0 Å². The van der Waals surface area contributed by atoms with Crippen molar-refractivity contribution in [2.45, 2.75) is 56.7 Å². The number of nitrogens with one attached hydrogen (secondary N) is 2. The van der Waals surface area contributed by atoms with Crippen molar-refractivity contribution in [3.05, 3.63) is 66.4 Å². The third-order valence-corrected chi connectivity index (χ3v) is 8.34. The van der Waals surface area contributed by atoms with Crippen LogP contribution in [0.1, 0.15) is 55.6 Å². The van der Waals surface area contributed by atoms with Crippen molar-refractivity contribution in [3.8, 4) is 17.0 Å². The molecular weight excluding hydrogens is 497 g/mol. The number of amides is 1. The van der Waals surface area contributed by atoms with Crippen LogP contribution in [-0.4, -0.2) is 70.4 Å². The van der Waals surface area contributed by atoms with Gasteiger partial charge in [-0.05, 0) is 38.3 Å². The molecule has 39 heavy (non-hydrogen) atoms. The predicted molar refractivity (Wildman–Crippen MR) is 149 cm³/mol. The van der Waals surface area contributed by atoms with E-state index in [2.05, 4.69) is 22.1 Å². The van der Waals surface area contributed by atoms with E-state index >= 15 is 0 Å². The van der Waals surface area contributed by atoms with Crippen molar-refractivity contribution < 1.29 is 19.0 Å². The fraction of sp³-hybridized carbons (Fsp3) is 0.467. The second-order valence-corrected chi connectivity index (χ2v) is 10.7. The minimum Gasteiger partial charge on any atom is -0.503 e. The van der Waals surface area contributed by atoms with Crippen molar-refractivity contribution >= 4 is 11.6 Å². The zero-order chi connectivity index (χ0) is 27.4. The SMILES string of the molecule is CO[C@@]1(C)CCCC[C@H]1n1cnc(C(=O)N2CCNC[C@H]2CCNc2cccc(F)c2O)c1-c1ccccc1. The van der Waals surface area contributed by atoms with Gasteiger partial charge in [0.15, 0.2) is 17.3 Å². The van der Waals surface area contributed by atoms with Crippen LogP contribution in [0, 0.1) is 5.82 Å². The van der Waals surface area contributed by atoms with Gasteiger partial charge in [-0.3, -0.25) is 4.79 Å². The Morgan fingerprint density at radius 3 is 2.85 bits per heavy atom. The molecule has 2 aliphatic rings. The lowest BCUT2D eigenvalue weighted by molar-refractivity contribution is -0.0616. The average molecular weight is 536 g/mol. The van der Waals surface area contributed by atoms with Crippen LogP contribution in [0.5, 0.6) is 5.75 Å². The number of carbonyl (C=O) groups excluding carboxylic acids is 1. The molecule has 3 atom stereocenters. The van der Waals surface area contributed by atoms with Gasteiger partial charge < -0.3 is 29.9 Å². The minimum atomic E-state index is -0.664. The Labute approximate surface area is 229 Å². The number of phenols is 1. The highest BCUT2D eigenvalue weighted by Gasteiger charge is 2.40. The molecule has 5 rings (SSSR count). The molecule has 0 bridgehead atoms. The number of phenolic OH excluding ortho intramolecular Hbond substituents is 1. The Kier molecular flexibility index (Phi) is 8.18. The summed E-state index contributed by atoms with van der Waals surface area (Å²) in [6.45, 7) is 4.54. The molecule has 0 unspecified atom stereocenters. The molecule has 2 fully saturated rings. The van der Waals surface area contributed by atoms with Gasteiger partial charge in [-0.15, -0.1) is 0 Å². The highest BCUT2D eigenvalue weighted by Crippen LogP contribution is 2.42. The molecule has 1 aromatic heterocycles. The highest BCUT2D eigenvalue weighted by molar-refractivity contribution is 5.98. The lowest BCUT2D eigenvalue weighted by Gasteiger charge is -2.41. The van der Waals surface area contributed by atoms with Gasteiger partial charge >= 0.3 is 0 Å². The number of hydrogen-bond donors (Lipinski definition) is 3. The number of anilines is 1. The lowest BCUT2D eigenvalue weighted by atomic mass is 9.81. The zero-order valence-corrected chi connectivity index (χ0v) is 22.7. The van der Waals surface area contributed by atoms with Crippen LogP contribution in [0.15, 0.2) is 54.9 Å². The first-order valence-electron chi connectivity index (χ1n) is 13.8. The van der Waals surface area contributed by atoms with E-state index in [0.29, 0.717) is 44.0 Å². The maximum atomic E-state index is 14.1. The van der Waals surface area contributed by atoms with Crippen LogP contribution in [0.4, 0.5) is 10.1 Å². The van der Waals surface area contributed by atoms with Crippen molar-refractivity contribution in [1.29, 1.82) is 0 Å². The summed E-state index contributed by atoms with van der Waals surface area (Å²) in [7, 11) is 1.77. The Morgan fingerprint density at radius 1 is 1.23 bits per heavy atom. The minimum absolute atomic E-state index is 0.0717. The normalized spacial score (nSPS) is 23.5. The first-order chi connectivity index (χ1) is 18.9. The molecule has 1 aliphatic carbocycles. The number of aromatic nitrogens is 2. The van der Waals surface area contributed by atoms with Crippen LogP contribution in [0.25, 0.3) is 11.3 Å². The number of imidazole rings is 1. The van der Waals surface area contributed by atoms with E-state index in [0.717, 1.165) is 36.9 Å². The Hall–Kier alpha value is -3.43. The van der Waals surface area contributed by atoms with E-state index in [-0.39, 0.29) is 23.6 Å². The Morgan fingerprint density at radius 2 is 2.05 bits per heavy atom. The first-order valence-corrected chi connectivity index (χ1v) is 13.8. The molecule has 208 valence electrons. The Bertz CT molecular complexity index is 1280. The molecule has 0 spiro atoms. The molecule has 1 amide bonds. The number of rotatable bonds is 8. The van der Waals surface area contributed by atoms with Crippen LogP contribution >= 0.6 is 0 Å². The molecule has 1 aliphatic heterocycles. The summed E-state index contributed by atoms with van der Waals surface area (Å²) < 4.78 is 21.9. The summed E-state index contributed by atoms with van der Waals surface area (Å²) in [5.74, 6) is -1.15. The standard InChI is InChI=1S/C30H38FN5O3/c1-30(39-2)15-7-6-13-25(30)36-20-34-26(27(36)21-9-4-3-5-10-21)29(38)35-18-17-32-19-22(35)14-16-33-24-12-8-11-23(31)28(24)37/h3-5,8-12,20,22,25,32-33,37H,6-7,13-19H2,1-2H3/t22-,25-,30+/m1/s1. The predicted octanol–water partition coefficient (Wildman–Crippen LogP) is 4.83. The van der Waals surface area contributed by atoms with Crippen LogP contribution < -0.4 is 10.6 Å². The fourth-order valence-electron chi connectivity index (χ4n) is 6.05. The van der Waals surface area contributed by atoms with Crippen molar-refractivity contribution in [3.63, 3.8) is 0 Å². The molecule has 8 nitrogen and oxygen atoms in total. The molecule has 3 N–H and O–H groups in total. The number of ether oxygens (including phenoxy) is 1. The van der Waals surface area contributed by atoms with Crippen LogP contribution in [-0.2, 0) is 4.74 Å². The summed E-state index contributed by atoms with van der Waals surface area (Å²) in [5.41, 5.74) is 2.24. The summed E-state index contributed by atoms with van der Waals surface area (Å²) in [5, 5.41) is 16.5. The van der Waals surface area contributed by atoms with E-state index in [4.69, 9.17) is 9.72 Å². The molecular formula is C30H38FN5O3. The lowest BCUT2D eigenvalue weighted by Crippen LogP contribution is -2.54. The summed E-state index contributed by atoms with van der Waals surface area (Å²) in [6.07, 6.45) is 6.58. The first kappa shape index (κ1) is 27.1. The number of methoxy groups -OCH3 is 1. The van der Waals surface area contributed by atoms with Gasteiger partial charge in [0.1, 0.15) is 0 Å². The van der Waals surface area contributed by atoms with E-state index in [1.165, 1.54) is 6.07 Å². The second-order valence-electron chi connectivity index (χ2n) is 10.7. The van der Waals surface area contributed by atoms with Crippen molar-refractivity contribution in [2.24, 2.45) is 0 Å². The smallest absolute Gasteiger partial charge is 0.275 e. The highest BCUT2D eigenvalue weighted by atomic mass is 19.1. The molecule has 9 heteroatoms. The number of aromatic hydroxyl groups is 1. The van der Waals surface area contributed by atoms with Gasteiger partial charge in [-0.2, -0.15) is 0 Å². The second kappa shape index (κ2) is 11.8. The summed E-state index contributed by atoms with van der Waals surface area (Å²) in [6, 6.07) is 14.4. The van der Waals surface area contributed by atoms with Gasteiger partial charge in [-0.1, -0.05) is 49.2 Å². The largest absolute Gasteiger partial charge is 0.503 e. The number of hydrogen-bond acceptors (Lipinski definition) is 6. The van der Waals surface area contributed by atoms with Gasteiger partial charge in [0.05, 0.1) is 29.4 Å². The quantitative estimate of drug-likeness (QED) is 0.358. The summed E-state index contributed by atoms with van der Waals surface area (Å²) >= 11 is 0. The van der Waals surface area contributed by atoms with Crippen molar-refractivity contribution in [2.75, 3.05) is 38.6 Å². The number of nitrogens with zero attached hydrogens (tertiary/aromatic N) is 3. The van der Waals surface area contributed by atoms with E-state index in [9.17, 15) is 14.3 Å². The third-order valence-electron chi connectivity index (χ3n) is 8.34.